The van der Waals surface area contributed by atoms with Gasteiger partial charge in [-0.1, -0.05) is 0 Å². The highest BCUT2D eigenvalue weighted by molar-refractivity contribution is 5.92. The minimum absolute atomic E-state index is 0.0436. The molecule has 4 N–H and O–H groups in total. The van der Waals surface area contributed by atoms with Gasteiger partial charge in [0.25, 0.3) is 5.56 Å². The molecule has 1 aliphatic rings. The Labute approximate surface area is 131 Å². The lowest BCUT2D eigenvalue weighted by molar-refractivity contribution is 0.0693. The monoisotopic (exact) mass is 318 g/mol. The van der Waals surface area contributed by atoms with E-state index in [1.807, 2.05) is 0 Å². The van der Waals surface area contributed by atoms with E-state index in [0.29, 0.717) is 42.4 Å². The van der Waals surface area contributed by atoms with Crippen LogP contribution in [0.2, 0.25) is 0 Å². The van der Waals surface area contributed by atoms with E-state index < -0.39 is 11.5 Å². The summed E-state index contributed by atoms with van der Waals surface area (Å²) < 4.78 is 1.41. The molecule has 8 heteroatoms. The van der Waals surface area contributed by atoms with Crippen LogP contribution < -0.4 is 11.3 Å². The zero-order chi connectivity index (χ0) is 16.7. The molecular weight excluding hydrogens is 300 g/mol. The van der Waals surface area contributed by atoms with Crippen LogP contribution in [-0.2, 0) is 0 Å². The first-order valence-corrected chi connectivity index (χ1v) is 7.49. The summed E-state index contributed by atoms with van der Waals surface area (Å²) in [5, 5.41) is 19.5. The summed E-state index contributed by atoms with van der Waals surface area (Å²) in [7, 11) is 0. The van der Waals surface area contributed by atoms with Crippen molar-refractivity contribution in [3.05, 3.63) is 27.7 Å². The number of anilines is 1. The molecule has 0 amide bonds. The third-order valence-corrected chi connectivity index (χ3v) is 4.36. The minimum Gasteiger partial charge on any atom is -0.477 e. The number of fused-ring (bicyclic) bond motifs is 1. The fourth-order valence-electron chi connectivity index (χ4n) is 3.18. The van der Waals surface area contributed by atoms with Gasteiger partial charge in [-0.2, -0.15) is 4.98 Å². The lowest BCUT2D eigenvalue weighted by atomic mass is 9.92. The lowest BCUT2D eigenvalue weighted by Crippen LogP contribution is -2.33. The normalized spacial score (nSPS) is 21.5. The van der Waals surface area contributed by atoms with E-state index in [0.717, 1.165) is 0 Å². The second-order valence-corrected chi connectivity index (χ2v) is 5.91. The summed E-state index contributed by atoms with van der Waals surface area (Å²) in [6, 6.07) is 1.10. The van der Waals surface area contributed by atoms with E-state index in [-0.39, 0.29) is 23.7 Å². The standard InChI is InChI=1S/C15H18N4O4/c1-7-10-6-11(14(22)23)13(21)19(12(10)18-15(16)17-7)8-2-4-9(20)5-3-8/h6,8-9,20H,2-5H2,1H3,(H,22,23)(H2,16,17,18). The van der Waals surface area contributed by atoms with Crippen molar-refractivity contribution in [1.82, 2.24) is 14.5 Å². The topological polar surface area (TPSA) is 131 Å². The van der Waals surface area contributed by atoms with Crippen molar-refractivity contribution in [3.63, 3.8) is 0 Å². The van der Waals surface area contributed by atoms with Crippen LogP contribution in [0.1, 0.15) is 47.8 Å². The summed E-state index contributed by atoms with van der Waals surface area (Å²) >= 11 is 0. The van der Waals surface area contributed by atoms with E-state index in [9.17, 15) is 19.8 Å². The van der Waals surface area contributed by atoms with Crippen molar-refractivity contribution in [2.45, 2.75) is 44.8 Å². The Morgan fingerprint density at radius 1 is 1.30 bits per heavy atom. The number of nitrogens with zero attached hydrogens (tertiary/aromatic N) is 3. The number of aromatic carboxylic acids is 1. The molecule has 1 aliphatic carbocycles. The number of carbonyl (C=O) groups is 1. The molecule has 0 radical (unpaired) electrons. The molecule has 8 nitrogen and oxygen atoms in total. The molecule has 2 heterocycles. The van der Waals surface area contributed by atoms with Gasteiger partial charge in [0.2, 0.25) is 5.95 Å². The predicted octanol–water partition coefficient (Wildman–Crippen LogP) is 0.856. The maximum atomic E-state index is 12.6. The van der Waals surface area contributed by atoms with Crippen LogP contribution in [0.25, 0.3) is 11.0 Å². The number of hydrogen-bond donors (Lipinski definition) is 3. The quantitative estimate of drug-likeness (QED) is 0.748. The van der Waals surface area contributed by atoms with E-state index in [1.165, 1.54) is 10.6 Å². The van der Waals surface area contributed by atoms with Crippen molar-refractivity contribution >= 4 is 23.0 Å². The fraction of sp³-hybridized carbons (Fsp3) is 0.467. The van der Waals surface area contributed by atoms with Crippen LogP contribution in [0.3, 0.4) is 0 Å². The second kappa shape index (κ2) is 5.62. The second-order valence-electron chi connectivity index (χ2n) is 5.91. The molecule has 23 heavy (non-hydrogen) atoms. The lowest BCUT2D eigenvalue weighted by Gasteiger charge is -2.28. The van der Waals surface area contributed by atoms with Crippen molar-refractivity contribution < 1.29 is 15.0 Å². The average molecular weight is 318 g/mol. The van der Waals surface area contributed by atoms with Gasteiger partial charge < -0.3 is 15.9 Å². The number of carboxylic acids is 1. The highest BCUT2D eigenvalue weighted by atomic mass is 16.4. The number of aliphatic hydroxyl groups is 1. The molecule has 0 aliphatic heterocycles. The Hall–Kier alpha value is -2.48. The number of rotatable bonds is 2. The van der Waals surface area contributed by atoms with Crippen LogP contribution in [0, 0.1) is 6.92 Å². The molecule has 0 saturated heterocycles. The molecular formula is C15H18N4O4. The van der Waals surface area contributed by atoms with Gasteiger partial charge in [-0.3, -0.25) is 9.36 Å². The number of nitrogens with two attached hydrogens (primary N) is 1. The summed E-state index contributed by atoms with van der Waals surface area (Å²) in [4.78, 5) is 32.3. The zero-order valence-electron chi connectivity index (χ0n) is 12.7. The maximum Gasteiger partial charge on any atom is 0.341 e. The first kappa shape index (κ1) is 15.4. The maximum absolute atomic E-state index is 12.6. The number of aromatic nitrogens is 3. The molecule has 0 unspecified atom stereocenters. The molecule has 0 aromatic carbocycles. The summed E-state index contributed by atoms with van der Waals surface area (Å²) in [5.74, 6) is -1.24. The molecule has 3 rings (SSSR count). The number of aryl methyl sites for hydroxylation is 1. The van der Waals surface area contributed by atoms with Crippen molar-refractivity contribution in [3.8, 4) is 0 Å². The molecule has 1 fully saturated rings. The Morgan fingerprint density at radius 3 is 2.57 bits per heavy atom. The molecule has 0 atom stereocenters. The van der Waals surface area contributed by atoms with Crippen molar-refractivity contribution in [2.75, 3.05) is 5.73 Å². The average Bonchev–Trinajstić information content (AvgIpc) is 2.47. The van der Waals surface area contributed by atoms with Crippen molar-refractivity contribution in [1.29, 1.82) is 0 Å². The smallest absolute Gasteiger partial charge is 0.341 e. The molecule has 122 valence electrons. The molecule has 0 bridgehead atoms. The van der Waals surface area contributed by atoms with Crippen LogP contribution >= 0.6 is 0 Å². The van der Waals surface area contributed by atoms with Gasteiger partial charge in [0.1, 0.15) is 11.2 Å². The third-order valence-electron chi connectivity index (χ3n) is 4.36. The predicted molar refractivity (Wildman–Crippen MR) is 83.4 cm³/mol. The van der Waals surface area contributed by atoms with Gasteiger partial charge in [-0.05, 0) is 38.7 Å². The van der Waals surface area contributed by atoms with Gasteiger partial charge in [0.15, 0.2) is 0 Å². The Kier molecular flexibility index (Phi) is 3.77. The Morgan fingerprint density at radius 2 is 1.96 bits per heavy atom. The zero-order valence-corrected chi connectivity index (χ0v) is 12.7. The molecule has 0 spiro atoms. The molecule has 2 aromatic heterocycles. The highest BCUT2D eigenvalue weighted by Gasteiger charge is 2.26. The van der Waals surface area contributed by atoms with Crippen LogP contribution in [0.4, 0.5) is 5.95 Å². The van der Waals surface area contributed by atoms with E-state index in [2.05, 4.69) is 9.97 Å². The Balaban J connectivity index is 2.30. The van der Waals surface area contributed by atoms with E-state index >= 15 is 0 Å². The van der Waals surface area contributed by atoms with E-state index in [1.54, 1.807) is 6.92 Å². The van der Waals surface area contributed by atoms with Crippen molar-refractivity contribution in [2.24, 2.45) is 0 Å². The van der Waals surface area contributed by atoms with Gasteiger partial charge >= 0.3 is 5.97 Å². The van der Waals surface area contributed by atoms with Gasteiger partial charge in [-0.25, -0.2) is 9.78 Å². The summed E-state index contributed by atoms with van der Waals surface area (Å²) in [5.41, 5.74) is 5.68. The van der Waals surface area contributed by atoms with Crippen LogP contribution in [0.5, 0.6) is 0 Å². The largest absolute Gasteiger partial charge is 0.477 e. The third kappa shape index (κ3) is 2.65. The summed E-state index contributed by atoms with van der Waals surface area (Å²) in [6.45, 7) is 1.70. The summed E-state index contributed by atoms with van der Waals surface area (Å²) in [6.07, 6.45) is 1.92. The first-order chi connectivity index (χ1) is 10.9. The SMILES string of the molecule is Cc1nc(N)nc2c1cc(C(=O)O)c(=O)n2C1CCC(O)CC1. The number of nitrogen functional groups attached to an aromatic ring is 1. The molecule has 1 saturated carbocycles. The number of aliphatic hydroxyl groups excluding tert-OH is 1. The van der Waals surface area contributed by atoms with Gasteiger partial charge in [0, 0.05) is 11.4 Å². The van der Waals surface area contributed by atoms with Crippen LogP contribution in [-0.4, -0.2) is 36.8 Å². The number of hydrogen-bond acceptors (Lipinski definition) is 6. The highest BCUT2D eigenvalue weighted by Crippen LogP contribution is 2.30. The number of pyridine rings is 1. The van der Waals surface area contributed by atoms with E-state index in [4.69, 9.17) is 5.73 Å². The van der Waals surface area contributed by atoms with Gasteiger partial charge in [0.05, 0.1) is 11.8 Å². The number of carboxylic acid groups (broad SMARTS) is 1. The molecule has 2 aromatic rings. The Bertz CT molecular complexity index is 837. The fourth-order valence-corrected chi connectivity index (χ4v) is 3.18. The van der Waals surface area contributed by atoms with Gasteiger partial charge in [-0.15, -0.1) is 0 Å². The van der Waals surface area contributed by atoms with Crippen LogP contribution in [0.15, 0.2) is 10.9 Å². The first-order valence-electron chi connectivity index (χ1n) is 7.49. The minimum atomic E-state index is -1.28.